The molecular weight excluding hydrogens is 493 g/mol. The SMILES string of the molecule is COC(=O)[C@H](Cc1ccc(OC(C(F)(F)F)(C(F)(F)F)C(F)(F)F)cc1)NC(=O)OC(C)(C)C. The summed E-state index contributed by atoms with van der Waals surface area (Å²) in [7, 11) is 0.980. The maximum atomic E-state index is 13.0. The van der Waals surface area contributed by atoms with E-state index in [2.05, 4.69) is 14.8 Å². The molecule has 0 spiro atoms. The van der Waals surface area contributed by atoms with Crippen LogP contribution in [0, 0.1) is 0 Å². The Hall–Kier alpha value is -2.87. The molecule has 1 N–H and O–H groups in total. The minimum absolute atomic E-state index is 0.0236. The summed E-state index contributed by atoms with van der Waals surface area (Å²) in [5.41, 5.74) is -7.39. The second-order valence-corrected chi connectivity index (χ2v) is 7.85. The van der Waals surface area contributed by atoms with E-state index in [1.807, 2.05) is 0 Å². The van der Waals surface area contributed by atoms with E-state index >= 15 is 0 Å². The number of halogens is 9. The quantitative estimate of drug-likeness (QED) is 0.424. The second-order valence-electron chi connectivity index (χ2n) is 7.85. The van der Waals surface area contributed by atoms with E-state index in [0.29, 0.717) is 12.1 Å². The van der Waals surface area contributed by atoms with Gasteiger partial charge in [0.2, 0.25) is 0 Å². The third kappa shape index (κ3) is 6.82. The minimum atomic E-state index is -6.89. The second kappa shape index (κ2) is 9.78. The first-order valence-electron chi connectivity index (χ1n) is 9.20. The topological polar surface area (TPSA) is 73.9 Å². The Morgan fingerprint density at radius 2 is 1.29 bits per heavy atom. The molecule has 34 heavy (non-hydrogen) atoms. The number of hydrogen-bond donors (Lipinski definition) is 1. The van der Waals surface area contributed by atoms with Crippen LogP contribution in [0.1, 0.15) is 26.3 Å². The van der Waals surface area contributed by atoms with Crippen LogP contribution in [0.25, 0.3) is 0 Å². The molecule has 194 valence electrons. The molecule has 0 aliphatic rings. The highest BCUT2D eigenvalue weighted by Gasteiger charge is 2.87. The summed E-state index contributed by atoms with van der Waals surface area (Å²) in [5, 5.41) is 2.17. The Morgan fingerprint density at radius 1 is 0.853 bits per heavy atom. The third-order valence-corrected chi connectivity index (χ3v) is 4.01. The van der Waals surface area contributed by atoms with Gasteiger partial charge >= 0.3 is 36.2 Å². The van der Waals surface area contributed by atoms with E-state index in [1.165, 1.54) is 20.8 Å². The molecule has 0 aliphatic heterocycles. The van der Waals surface area contributed by atoms with Gasteiger partial charge in [0.15, 0.2) is 0 Å². The van der Waals surface area contributed by atoms with Crippen LogP contribution in [-0.2, 0) is 20.7 Å². The van der Waals surface area contributed by atoms with Crippen molar-refractivity contribution in [3.8, 4) is 5.75 Å². The number of ether oxygens (including phenoxy) is 3. The molecule has 0 bridgehead atoms. The van der Waals surface area contributed by atoms with Crippen LogP contribution >= 0.6 is 0 Å². The van der Waals surface area contributed by atoms with Gasteiger partial charge in [0.1, 0.15) is 17.4 Å². The number of amides is 1. The first kappa shape index (κ1) is 29.2. The first-order valence-corrected chi connectivity index (χ1v) is 9.20. The van der Waals surface area contributed by atoms with E-state index in [9.17, 15) is 49.1 Å². The number of rotatable bonds is 6. The Bertz CT molecular complexity index is 819. The lowest BCUT2D eigenvalue weighted by molar-refractivity contribution is -0.436. The molecule has 0 aliphatic carbocycles. The van der Waals surface area contributed by atoms with Crippen molar-refractivity contribution in [3.63, 3.8) is 0 Å². The average molecular weight is 513 g/mol. The van der Waals surface area contributed by atoms with Crippen molar-refractivity contribution in [2.75, 3.05) is 7.11 Å². The van der Waals surface area contributed by atoms with Crippen molar-refractivity contribution >= 4 is 12.1 Å². The molecular formula is C19H20F9NO5. The number of carbonyl (C=O) groups excluding carboxylic acids is 2. The highest BCUT2D eigenvalue weighted by molar-refractivity contribution is 5.81. The smallest absolute Gasteiger partial charge is 0.447 e. The molecule has 1 aromatic rings. The van der Waals surface area contributed by atoms with Crippen LogP contribution in [0.4, 0.5) is 44.3 Å². The number of benzene rings is 1. The van der Waals surface area contributed by atoms with Gasteiger partial charge in [0.05, 0.1) is 7.11 Å². The van der Waals surface area contributed by atoms with E-state index in [0.717, 1.165) is 19.2 Å². The molecule has 15 heteroatoms. The van der Waals surface area contributed by atoms with E-state index in [1.54, 1.807) is 0 Å². The molecule has 0 heterocycles. The number of alkyl carbamates (subject to hydrolysis) is 1. The largest absolute Gasteiger partial charge is 0.467 e. The molecule has 1 amide bonds. The summed E-state index contributed by atoms with van der Waals surface area (Å²) < 4.78 is 130. The van der Waals surface area contributed by atoms with Crippen LogP contribution in [-0.4, -0.2) is 54.9 Å². The summed E-state index contributed by atoms with van der Waals surface area (Å²) in [6, 6.07) is 1.09. The zero-order chi connectivity index (χ0) is 26.8. The molecule has 0 saturated heterocycles. The van der Waals surface area contributed by atoms with Gasteiger partial charge < -0.3 is 19.5 Å². The molecule has 0 saturated carbocycles. The molecule has 0 radical (unpaired) electrons. The van der Waals surface area contributed by atoms with Crippen molar-refractivity contribution in [2.45, 2.75) is 63.0 Å². The molecule has 1 rings (SSSR count). The fourth-order valence-corrected chi connectivity index (χ4v) is 2.55. The minimum Gasteiger partial charge on any atom is -0.467 e. The number of carbonyl (C=O) groups is 2. The number of methoxy groups -OCH3 is 1. The Labute approximate surface area is 187 Å². The summed E-state index contributed by atoms with van der Waals surface area (Å²) in [4.78, 5) is 23.8. The lowest BCUT2D eigenvalue weighted by Gasteiger charge is -2.38. The van der Waals surface area contributed by atoms with E-state index < -0.39 is 60.0 Å². The normalized spacial score (nSPS) is 14.3. The first-order chi connectivity index (χ1) is 15.1. The zero-order valence-corrected chi connectivity index (χ0v) is 18.0. The van der Waals surface area contributed by atoms with Gasteiger partial charge in [-0.05, 0) is 38.5 Å². The van der Waals surface area contributed by atoms with Crippen molar-refractivity contribution in [1.29, 1.82) is 0 Å². The van der Waals surface area contributed by atoms with E-state index in [4.69, 9.17) is 4.74 Å². The average Bonchev–Trinajstić information content (AvgIpc) is 2.61. The number of esters is 1. The monoisotopic (exact) mass is 513 g/mol. The number of hydrogen-bond acceptors (Lipinski definition) is 5. The molecule has 0 fully saturated rings. The summed E-state index contributed by atoms with van der Waals surface area (Å²) in [6.07, 6.45) is -22.1. The van der Waals surface area contributed by atoms with Gasteiger partial charge in [-0.3, -0.25) is 0 Å². The van der Waals surface area contributed by atoms with Crippen LogP contribution in [0.3, 0.4) is 0 Å². The maximum Gasteiger partial charge on any atom is 0.447 e. The van der Waals surface area contributed by atoms with Crippen LogP contribution in [0.15, 0.2) is 24.3 Å². The molecule has 0 unspecified atom stereocenters. The van der Waals surface area contributed by atoms with Gasteiger partial charge in [-0.15, -0.1) is 0 Å². The zero-order valence-electron chi connectivity index (χ0n) is 18.0. The van der Waals surface area contributed by atoms with Gasteiger partial charge in [-0.2, -0.15) is 39.5 Å². The fraction of sp³-hybridized carbons (Fsp3) is 0.579. The highest BCUT2D eigenvalue weighted by Crippen LogP contribution is 2.54. The standard InChI is InChI=1S/C19H20F9NO5/c1-15(2,3)34-14(31)29-12(13(30)32-4)9-10-5-7-11(8-6-10)33-16(17(20,21)22,18(23,24)25)19(26,27)28/h5-8,12H,9H2,1-4H3,(H,29,31)/t12-/m0/s1. The number of nitrogens with one attached hydrogen (secondary N) is 1. The Kier molecular flexibility index (Phi) is 8.39. The van der Waals surface area contributed by atoms with Crippen molar-refractivity contribution in [1.82, 2.24) is 5.32 Å². The fourth-order valence-electron chi connectivity index (χ4n) is 2.55. The lowest BCUT2D eigenvalue weighted by atomic mass is 10.0. The number of alkyl halides is 9. The maximum absolute atomic E-state index is 13.0. The lowest BCUT2D eigenvalue weighted by Crippen LogP contribution is -2.69. The van der Waals surface area contributed by atoms with Crippen molar-refractivity contribution in [2.24, 2.45) is 0 Å². The molecule has 1 aromatic carbocycles. The molecule has 0 aromatic heterocycles. The molecule has 6 nitrogen and oxygen atoms in total. The van der Waals surface area contributed by atoms with Crippen LogP contribution in [0.2, 0.25) is 0 Å². The predicted octanol–water partition coefficient (Wildman–Crippen LogP) is 5.10. The summed E-state index contributed by atoms with van der Waals surface area (Å²) in [6.45, 7) is 4.59. The van der Waals surface area contributed by atoms with Crippen LogP contribution < -0.4 is 10.1 Å². The summed E-state index contributed by atoms with van der Waals surface area (Å²) >= 11 is 0. The van der Waals surface area contributed by atoms with Crippen molar-refractivity contribution in [3.05, 3.63) is 29.8 Å². The third-order valence-electron chi connectivity index (χ3n) is 4.01. The van der Waals surface area contributed by atoms with Gasteiger partial charge in [0.25, 0.3) is 0 Å². The van der Waals surface area contributed by atoms with E-state index in [-0.39, 0.29) is 5.56 Å². The summed E-state index contributed by atoms with van der Waals surface area (Å²) in [5.74, 6) is -2.37. The van der Waals surface area contributed by atoms with Crippen LogP contribution in [0.5, 0.6) is 5.75 Å². The van der Waals surface area contributed by atoms with Gasteiger partial charge in [-0.1, -0.05) is 12.1 Å². The van der Waals surface area contributed by atoms with Gasteiger partial charge in [0, 0.05) is 6.42 Å². The Morgan fingerprint density at radius 3 is 1.65 bits per heavy atom. The van der Waals surface area contributed by atoms with Gasteiger partial charge in [-0.25, -0.2) is 9.59 Å². The molecule has 1 atom stereocenters. The predicted molar refractivity (Wildman–Crippen MR) is 96.8 cm³/mol. The highest BCUT2D eigenvalue weighted by atomic mass is 19.4. The van der Waals surface area contributed by atoms with Crippen molar-refractivity contribution < 1.29 is 63.3 Å². The Balaban J connectivity index is 3.20.